The van der Waals surface area contributed by atoms with E-state index in [2.05, 4.69) is 5.32 Å². The third-order valence-electron chi connectivity index (χ3n) is 3.60. The number of anilines is 1. The van der Waals surface area contributed by atoms with Crippen LogP contribution in [0.15, 0.2) is 24.3 Å². The highest BCUT2D eigenvalue weighted by atomic mass is 32.2. The van der Waals surface area contributed by atoms with Gasteiger partial charge in [-0.1, -0.05) is 12.1 Å². The van der Waals surface area contributed by atoms with E-state index in [0.29, 0.717) is 12.0 Å². The number of amides is 1. The summed E-state index contributed by atoms with van der Waals surface area (Å²) in [5.74, 6) is 0.103. The molecule has 1 heterocycles. The van der Waals surface area contributed by atoms with Crippen molar-refractivity contribution in [2.45, 2.75) is 19.4 Å². The molecule has 2 rings (SSSR count). The first-order chi connectivity index (χ1) is 9.44. The van der Waals surface area contributed by atoms with Crippen molar-refractivity contribution >= 4 is 21.4 Å². The zero-order valence-corrected chi connectivity index (χ0v) is 12.6. The van der Waals surface area contributed by atoms with Crippen molar-refractivity contribution in [3.63, 3.8) is 0 Å². The first-order valence-electron chi connectivity index (χ1n) is 6.75. The highest BCUT2D eigenvalue weighted by Crippen LogP contribution is 2.22. The lowest BCUT2D eigenvalue weighted by atomic mass is 10.1. The molecule has 1 aromatic rings. The molecule has 20 heavy (non-hydrogen) atoms. The summed E-state index contributed by atoms with van der Waals surface area (Å²) in [6.45, 7) is 2.69. The molecule has 0 spiro atoms. The number of benzene rings is 1. The van der Waals surface area contributed by atoms with Crippen LogP contribution in [-0.4, -0.2) is 50.4 Å². The van der Waals surface area contributed by atoms with E-state index in [1.54, 1.807) is 18.0 Å². The molecule has 1 unspecified atom stereocenters. The molecule has 1 aliphatic rings. The predicted molar refractivity (Wildman–Crippen MR) is 79.8 cm³/mol. The SMILES string of the molecule is CCNc1ccccc1C(=O)N(C)C1CCS(=O)(=O)C1. The van der Waals surface area contributed by atoms with Crippen molar-refractivity contribution in [1.29, 1.82) is 0 Å². The highest BCUT2D eigenvalue weighted by molar-refractivity contribution is 7.91. The summed E-state index contributed by atoms with van der Waals surface area (Å²) in [6.07, 6.45) is 0.522. The largest absolute Gasteiger partial charge is 0.385 e. The number of rotatable bonds is 4. The molecule has 1 saturated heterocycles. The number of sulfone groups is 1. The van der Waals surface area contributed by atoms with Crippen LogP contribution in [0.1, 0.15) is 23.7 Å². The Morgan fingerprint density at radius 2 is 2.10 bits per heavy atom. The minimum atomic E-state index is -2.99. The van der Waals surface area contributed by atoms with Gasteiger partial charge in [0.25, 0.3) is 5.91 Å². The van der Waals surface area contributed by atoms with Crippen LogP contribution in [0.5, 0.6) is 0 Å². The summed E-state index contributed by atoms with van der Waals surface area (Å²) in [5, 5.41) is 3.15. The van der Waals surface area contributed by atoms with Gasteiger partial charge in [0, 0.05) is 25.3 Å². The highest BCUT2D eigenvalue weighted by Gasteiger charge is 2.33. The molecule has 1 amide bonds. The second-order valence-corrected chi connectivity index (χ2v) is 7.28. The zero-order valence-electron chi connectivity index (χ0n) is 11.8. The van der Waals surface area contributed by atoms with Gasteiger partial charge < -0.3 is 10.2 Å². The van der Waals surface area contributed by atoms with Gasteiger partial charge in [-0.15, -0.1) is 0 Å². The summed E-state index contributed by atoms with van der Waals surface area (Å²) < 4.78 is 23.0. The van der Waals surface area contributed by atoms with Crippen LogP contribution in [0.3, 0.4) is 0 Å². The summed E-state index contributed by atoms with van der Waals surface area (Å²) in [5.41, 5.74) is 1.37. The first kappa shape index (κ1) is 14.8. The molecular weight excluding hydrogens is 276 g/mol. The molecule has 1 N–H and O–H groups in total. The second-order valence-electron chi connectivity index (χ2n) is 5.05. The molecule has 1 aliphatic heterocycles. The van der Waals surface area contributed by atoms with Crippen LogP contribution in [0.2, 0.25) is 0 Å². The van der Waals surface area contributed by atoms with E-state index in [0.717, 1.165) is 12.2 Å². The lowest BCUT2D eigenvalue weighted by molar-refractivity contribution is 0.0748. The Hall–Kier alpha value is -1.56. The Morgan fingerprint density at radius 3 is 2.70 bits per heavy atom. The molecule has 0 aromatic heterocycles. The summed E-state index contributed by atoms with van der Waals surface area (Å²) >= 11 is 0. The van der Waals surface area contributed by atoms with Crippen molar-refractivity contribution in [2.75, 3.05) is 30.4 Å². The molecular formula is C14H20N2O3S. The fraction of sp³-hybridized carbons (Fsp3) is 0.500. The maximum Gasteiger partial charge on any atom is 0.255 e. The van der Waals surface area contributed by atoms with Gasteiger partial charge in [0.1, 0.15) is 0 Å². The number of hydrogen-bond acceptors (Lipinski definition) is 4. The monoisotopic (exact) mass is 296 g/mol. The third-order valence-corrected chi connectivity index (χ3v) is 5.35. The maximum atomic E-state index is 12.5. The third kappa shape index (κ3) is 3.12. The number of carbonyl (C=O) groups excluding carboxylic acids is 1. The standard InChI is InChI=1S/C14H20N2O3S/c1-3-15-13-7-5-4-6-12(13)14(17)16(2)11-8-9-20(18,19)10-11/h4-7,11,15H,3,8-10H2,1-2H3. The quantitative estimate of drug-likeness (QED) is 0.911. The van der Waals surface area contributed by atoms with E-state index >= 15 is 0 Å². The molecule has 6 heteroatoms. The Morgan fingerprint density at radius 1 is 1.40 bits per heavy atom. The molecule has 5 nitrogen and oxygen atoms in total. The van der Waals surface area contributed by atoms with E-state index in [1.807, 2.05) is 25.1 Å². The van der Waals surface area contributed by atoms with Gasteiger partial charge >= 0.3 is 0 Å². The fourth-order valence-electron chi connectivity index (χ4n) is 2.45. The van der Waals surface area contributed by atoms with Crippen molar-refractivity contribution in [3.8, 4) is 0 Å². The summed E-state index contributed by atoms with van der Waals surface area (Å²) in [7, 11) is -1.31. The van der Waals surface area contributed by atoms with Gasteiger partial charge in [-0.05, 0) is 25.5 Å². The van der Waals surface area contributed by atoms with Gasteiger partial charge in [0.05, 0.1) is 17.1 Å². The minimum Gasteiger partial charge on any atom is -0.385 e. The van der Waals surface area contributed by atoms with Crippen molar-refractivity contribution in [3.05, 3.63) is 29.8 Å². The average Bonchev–Trinajstić information content (AvgIpc) is 2.78. The normalized spacial score (nSPS) is 20.6. The Bertz CT molecular complexity index is 598. The molecule has 0 aliphatic carbocycles. The first-order valence-corrected chi connectivity index (χ1v) is 8.57. The number of nitrogens with zero attached hydrogens (tertiary/aromatic N) is 1. The molecule has 110 valence electrons. The molecule has 0 radical (unpaired) electrons. The molecule has 1 aromatic carbocycles. The van der Waals surface area contributed by atoms with Crippen LogP contribution in [0.4, 0.5) is 5.69 Å². The van der Waals surface area contributed by atoms with E-state index in [1.165, 1.54) is 0 Å². The van der Waals surface area contributed by atoms with Crippen molar-refractivity contribution in [1.82, 2.24) is 4.90 Å². The predicted octanol–water partition coefficient (Wildman–Crippen LogP) is 1.38. The van der Waals surface area contributed by atoms with Gasteiger partial charge in [0.15, 0.2) is 9.84 Å². The number of nitrogens with one attached hydrogen (secondary N) is 1. The second kappa shape index (κ2) is 5.83. The van der Waals surface area contributed by atoms with Crippen molar-refractivity contribution < 1.29 is 13.2 Å². The van der Waals surface area contributed by atoms with Gasteiger partial charge in [-0.25, -0.2) is 8.42 Å². The zero-order chi connectivity index (χ0) is 14.8. The van der Waals surface area contributed by atoms with Crippen LogP contribution >= 0.6 is 0 Å². The average molecular weight is 296 g/mol. The Balaban J connectivity index is 2.19. The van der Waals surface area contributed by atoms with Gasteiger partial charge in [-0.3, -0.25) is 4.79 Å². The number of carbonyl (C=O) groups is 1. The lowest BCUT2D eigenvalue weighted by Crippen LogP contribution is -2.38. The minimum absolute atomic E-state index is 0.0681. The van der Waals surface area contributed by atoms with Crippen LogP contribution in [0.25, 0.3) is 0 Å². The van der Waals surface area contributed by atoms with Gasteiger partial charge in [-0.2, -0.15) is 0 Å². The topological polar surface area (TPSA) is 66.5 Å². The van der Waals surface area contributed by atoms with Crippen LogP contribution in [0, 0.1) is 0 Å². The fourth-order valence-corrected chi connectivity index (χ4v) is 4.23. The lowest BCUT2D eigenvalue weighted by Gasteiger charge is -2.24. The Labute approximate surface area is 119 Å². The molecule has 0 bridgehead atoms. The summed E-state index contributed by atoms with van der Waals surface area (Å²) in [6, 6.07) is 7.08. The molecule has 1 fully saturated rings. The number of para-hydroxylation sites is 1. The molecule has 0 saturated carbocycles. The molecule has 1 atom stereocenters. The van der Waals surface area contributed by atoms with Crippen LogP contribution in [-0.2, 0) is 9.84 Å². The van der Waals surface area contributed by atoms with E-state index in [4.69, 9.17) is 0 Å². The summed E-state index contributed by atoms with van der Waals surface area (Å²) in [4.78, 5) is 14.1. The van der Waals surface area contributed by atoms with Crippen molar-refractivity contribution in [2.24, 2.45) is 0 Å². The van der Waals surface area contributed by atoms with E-state index < -0.39 is 9.84 Å². The number of hydrogen-bond donors (Lipinski definition) is 1. The smallest absolute Gasteiger partial charge is 0.255 e. The maximum absolute atomic E-state index is 12.5. The van der Waals surface area contributed by atoms with Crippen LogP contribution < -0.4 is 5.32 Å². The Kier molecular flexibility index (Phi) is 4.32. The van der Waals surface area contributed by atoms with E-state index in [9.17, 15) is 13.2 Å². The van der Waals surface area contributed by atoms with Gasteiger partial charge in [0.2, 0.25) is 0 Å². The van der Waals surface area contributed by atoms with E-state index in [-0.39, 0.29) is 23.5 Å².